The number of rotatable bonds is 6. The first kappa shape index (κ1) is 17.2. The Morgan fingerprint density at radius 2 is 2.27 bits per heavy atom. The maximum atomic E-state index is 12.5. The number of carbonyl (C=O) groups excluding carboxylic acids is 1. The van der Waals surface area contributed by atoms with Crippen molar-refractivity contribution in [2.75, 3.05) is 39.9 Å². The maximum Gasteiger partial charge on any atom is 0.270 e. The van der Waals surface area contributed by atoms with Gasteiger partial charge < -0.3 is 18.7 Å². The van der Waals surface area contributed by atoms with Gasteiger partial charge in [-0.05, 0) is 31.5 Å². The fraction of sp³-hybridized carbons (Fsp3) is 0.611. The van der Waals surface area contributed by atoms with Crippen molar-refractivity contribution >= 4 is 5.91 Å². The van der Waals surface area contributed by atoms with E-state index < -0.39 is 0 Å². The van der Waals surface area contributed by atoms with Crippen LogP contribution in [0.25, 0.3) is 0 Å². The minimum atomic E-state index is 0.0546. The second kappa shape index (κ2) is 7.20. The smallest absolute Gasteiger partial charge is 0.270 e. The molecule has 2 aliphatic rings. The summed E-state index contributed by atoms with van der Waals surface area (Å²) in [6.45, 7) is 3.90. The predicted octanol–water partition coefficient (Wildman–Crippen LogP) is 1.43. The molecule has 4 heterocycles. The van der Waals surface area contributed by atoms with E-state index in [2.05, 4.69) is 15.0 Å². The molecule has 2 aromatic heterocycles. The van der Waals surface area contributed by atoms with Crippen LogP contribution in [0, 0.1) is 0 Å². The van der Waals surface area contributed by atoms with Crippen LogP contribution in [0.15, 0.2) is 22.9 Å². The normalized spacial score (nSPS) is 21.3. The quantitative estimate of drug-likeness (QED) is 0.777. The van der Waals surface area contributed by atoms with Crippen LogP contribution in [0.5, 0.6) is 0 Å². The number of methoxy groups -OCH3 is 1. The van der Waals surface area contributed by atoms with E-state index >= 15 is 0 Å². The van der Waals surface area contributed by atoms with Gasteiger partial charge in [-0.2, -0.15) is 4.98 Å². The van der Waals surface area contributed by atoms with Gasteiger partial charge in [-0.25, -0.2) is 0 Å². The van der Waals surface area contributed by atoms with E-state index in [9.17, 15) is 4.79 Å². The van der Waals surface area contributed by atoms with Gasteiger partial charge in [0, 0.05) is 40.0 Å². The zero-order chi connectivity index (χ0) is 18.1. The number of hydrogen-bond acceptors (Lipinski definition) is 6. The highest BCUT2D eigenvalue weighted by atomic mass is 16.5. The molecule has 0 aliphatic carbocycles. The number of carbonyl (C=O) groups is 1. The van der Waals surface area contributed by atoms with Crippen molar-refractivity contribution in [3.8, 4) is 0 Å². The molecule has 2 saturated heterocycles. The molecule has 8 nitrogen and oxygen atoms in total. The van der Waals surface area contributed by atoms with Crippen LogP contribution >= 0.6 is 0 Å². The molecule has 26 heavy (non-hydrogen) atoms. The lowest BCUT2D eigenvalue weighted by Gasteiger charge is -2.37. The molecule has 1 atom stereocenters. The molecule has 1 amide bonds. The van der Waals surface area contributed by atoms with E-state index in [0.29, 0.717) is 31.3 Å². The first-order valence-corrected chi connectivity index (χ1v) is 9.14. The average Bonchev–Trinajstić information content (AvgIpc) is 3.31. The molecule has 0 N–H and O–H groups in total. The standard InChI is InChI=1S/C18H25N5O3/c1-21-7-3-6-15(21)18(24)23-11-13(12-23)16-19-17(26-20-16)14-5-4-8-22(14)9-10-25-2/h3,6-7,13-14H,4-5,8-12H2,1-2H3. The third-order valence-corrected chi connectivity index (χ3v) is 5.39. The predicted molar refractivity (Wildman–Crippen MR) is 93.8 cm³/mol. The molecule has 4 rings (SSSR count). The molecule has 2 aromatic rings. The Labute approximate surface area is 152 Å². The summed E-state index contributed by atoms with van der Waals surface area (Å²) in [6.07, 6.45) is 4.05. The molecule has 8 heteroatoms. The molecule has 0 saturated carbocycles. The van der Waals surface area contributed by atoms with Gasteiger partial charge in [0.05, 0.1) is 18.6 Å². The number of aromatic nitrogens is 3. The summed E-state index contributed by atoms with van der Waals surface area (Å²) < 4.78 is 12.6. The number of hydrogen-bond donors (Lipinski definition) is 0. The van der Waals surface area contributed by atoms with Crippen molar-refractivity contribution in [1.82, 2.24) is 24.5 Å². The van der Waals surface area contributed by atoms with Gasteiger partial charge in [0.25, 0.3) is 5.91 Å². The number of amides is 1. The van der Waals surface area contributed by atoms with Crippen molar-refractivity contribution < 1.29 is 14.1 Å². The van der Waals surface area contributed by atoms with Crippen LogP contribution in [0.3, 0.4) is 0 Å². The number of nitrogens with zero attached hydrogens (tertiary/aromatic N) is 5. The van der Waals surface area contributed by atoms with Crippen molar-refractivity contribution in [3.63, 3.8) is 0 Å². The van der Waals surface area contributed by atoms with E-state index in [1.54, 1.807) is 7.11 Å². The number of likely N-dealkylation sites (tertiary alicyclic amines) is 2. The fourth-order valence-corrected chi connectivity index (χ4v) is 3.78. The molecule has 0 radical (unpaired) electrons. The Hall–Kier alpha value is -2.19. The summed E-state index contributed by atoms with van der Waals surface area (Å²) in [5, 5.41) is 4.18. The van der Waals surface area contributed by atoms with Gasteiger partial charge in [-0.1, -0.05) is 5.16 Å². The van der Waals surface area contributed by atoms with E-state index in [-0.39, 0.29) is 17.9 Å². The highest BCUT2D eigenvalue weighted by Crippen LogP contribution is 2.33. The topological polar surface area (TPSA) is 76.6 Å². The van der Waals surface area contributed by atoms with E-state index in [0.717, 1.165) is 31.8 Å². The third-order valence-electron chi connectivity index (χ3n) is 5.39. The lowest BCUT2D eigenvalue weighted by atomic mass is 9.99. The summed E-state index contributed by atoms with van der Waals surface area (Å²) in [4.78, 5) is 21.3. The van der Waals surface area contributed by atoms with Crippen molar-refractivity contribution in [1.29, 1.82) is 0 Å². The summed E-state index contributed by atoms with van der Waals surface area (Å²) >= 11 is 0. The Kier molecular flexibility index (Phi) is 4.78. The molecular formula is C18H25N5O3. The van der Waals surface area contributed by atoms with Crippen LogP contribution in [0.1, 0.15) is 47.0 Å². The monoisotopic (exact) mass is 359 g/mol. The summed E-state index contributed by atoms with van der Waals surface area (Å²) in [7, 11) is 3.60. The highest BCUT2D eigenvalue weighted by molar-refractivity contribution is 5.93. The van der Waals surface area contributed by atoms with Crippen molar-refractivity contribution in [2.24, 2.45) is 7.05 Å². The lowest BCUT2D eigenvalue weighted by Crippen LogP contribution is -2.49. The molecule has 2 fully saturated rings. The lowest BCUT2D eigenvalue weighted by molar-refractivity contribution is 0.0582. The van der Waals surface area contributed by atoms with Crippen LogP contribution < -0.4 is 0 Å². The van der Waals surface area contributed by atoms with Crippen molar-refractivity contribution in [2.45, 2.75) is 24.8 Å². The molecule has 0 bridgehead atoms. The van der Waals surface area contributed by atoms with E-state index in [4.69, 9.17) is 9.26 Å². The highest BCUT2D eigenvalue weighted by Gasteiger charge is 2.37. The second-order valence-corrected chi connectivity index (χ2v) is 7.09. The van der Waals surface area contributed by atoms with Crippen LogP contribution in [0.4, 0.5) is 0 Å². The number of ether oxygens (including phenoxy) is 1. The van der Waals surface area contributed by atoms with E-state index in [1.165, 1.54) is 0 Å². The minimum absolute atomic E-state index is 0.0546. The van der Waals surface area contributed by atoms with Crippen LogP contribution in [-0.2, 0) is 11.8 Å². The zero-order valence-corrected chi connectivity index (χ0v) is 15.3. The van der Waals surface area contributed by atoms with Crippen LogP contribution in [-0.4, -0.2) is 70.3 Å². The Bertz CT molecular complexity index is 764. The third kappa shape index (κ3) is 3.14. The van der Waals surface area contributed by atoms with Crippen molar-refractivity contribution in [3.05, 3.63) is 35.7 Å². The Morgan fingerprint density at radius 1 is 1.42 bits per heavy atom. The molecule has 0 aromatic carbocycles. The zero-order valence-electron chi connectivity index (χ0n) is 15.3. The molecule has 0 spiro atoms. The molecular weight excluding hydrogens is 334 g/mol. The molecule has 2 aliphatic heterocycles. The largest absolute Gasteiger partial charge is 0.383 e. The summed E-state index contributed by atoms with van der Waals surface area (Å²) in [5.74, 6) is 1.62. The summed E-state index contributed by atoms with van der Waals surface area (Å²) in [6, 6.07) is 3.91. The Morgan fingerprint density at radius 3 is 3.00 bits per heavy atom. The van der Waals surface area contributed by atoms with Gasteiger partial charge in [0.1, 0.15) is 5.69 Å². The Balaban J connectivity index is 1.36. The van der Waals surface area contributed by atoms with Crippen LogP contribution in [0.2, 0.25) is 0 Å². The SMILES string of the molecule is COCCN1CCCC1c1nc(C2CN(C(=O)c3cccn3C)C2)no1. The molecule has 1 unspecified atom stereocenters. The van der Waals surface area contributed by atoms with Gasteiger partial charge in [0.15, 0.2) is 5.82 Å². The average molecular weight is 359 g/mol. The second-order valence-electron chi connectivity index (χ2n) is 7.09. The first-order valence-electron chi connectivity index (χ1n) is 9.14. The minimum Gasteiger partial charge on any atom is -0.383 e. The number of aryl methyl sites for hydroxylation is 1. The fourth-order valence-electron chi connectivity index (χ4n) is 3.78. The van der Waals surface area contributed by atoms with E-state index in [1.807, 2.05) is 34.8 Å². The van der Waals surface area contributed by atoms with Gasteiger partial charge in [-0.15, -0.1) is 0 Å². The molecule has 140 valence electrons. The van der Waals surface area contributed by atoms with Gasteiger partial charge >= 0.3 is 0 Å². The van der Waals surface area contributed by atoms with Gasteiger partial charge in [-0.3, -0.25) is 9.69 Å². The maximum absolute atomic E-state index is 12.5. The van der Waals surface area contributed by atoms with Gasteiger partial charge in [0.2, 0.25) is 5.89 Å². The summed E-state index contributed by atoms with van der Waals surface area (Å²) in [5.41, 5.74) is 0.706. The first-order chi connectivity index (χ1) is 12.7.